The molecule has 1 fully saturated rings. The van der Waals surface area contributed by atoms with Gasteiger partial charge >= 0.3 is 0 Å². The molecule has 3 nitrogen and oxygen atoms in total. The molecule has 0 saturated heterocycles. The van der Waals surface area contributed by atoms with Crippen LogP contribution in [0.4, 0.5) is 11.6 Å². The van der Waals surface area contributed by atoms with Gasteiger partial charge in [0.25, 0.3) is 0 Å². The van der Waals surface area contributed by atoms with Crippen LogP contribution < -0.4 is 10.6 Å². The van der Waals surface area contributed by atoms with Gasteiger partial charge in [-0.1, -0.05) is 50.4 Å². The molecule has 1 heterocycles. The van der Waals surface area contributed by atoms with Crippen molar-refractivity contribution in [1.29, 1.82) is 0 Å². The third-order valence-electron chi connectivity index (χ3n) is 4.02. The van der Waals surface area contributed by atoms with Crippen molar-refractivity contribution in [1.82, 2.24) is 4.98 Å². The van der Waals surface area contributed by atoms with Gasteiger partial charge in [-0.25, -0.2) is 4.98 Å². The van der Waals surface area contributed by atoms with Gasteiger partial charge in [-0.15, -0.1) is 0 Å². The average molecular weight is 330 g/mol. The highest BCUT2D eigenvalue weighted by Gasteiger charge is 2.28. The van der Waals surface area contributed by atoms with E-state index in [4.69, 9.17) is 23.2 Å². The Morgan fingerprint density at radius 2 is 2.00 bits per heavy atom. The van der Waals surface area contributed by atoms with Crippen molar-refractivity contribution in [3.63, 3.8) is 0 Å². The maximum absolute atomic E-state index is 6.29. The van der Waals surface area contributed by atoms with E-state index in [0.717, 1.165) is 25.2 Å². The molecule has 1 aliphatic carbocycles. The van der Waals surface area contributed by atoms with Crippen LogP contribution in [0.5, 0.6) is 0 Å². The van der Waals surface area contributed by atoms with Crippen LogP contribution >= 0.6 is 23.2 Å². The molecule has 1 aromatic rings. The van der Waals surface area contributed by atoms with Crippen LogP contribution in [0, 0.1) is 5.41 Å². The molecule has 0 aliphatic heterocycles. The summed E-state index contributed by atoms with van der Waals surface area (Å²) in [4.78, 5) is 4.57. The van der Waals surface area contributed by atoms with Gasteiger partial charge in [-0.05, 0) is 37.2 Å². The largest absolute Gasteiger partial charge is 0.369 e. The highest BCUT2D eigenvalue weighted by Crippen LogP contribution is 2.37. The number of nitrogens with one attached hydrogen (secondary N) is 2. The second kappa shape index (κ2) is 7.06. The summed E-state index contributed by atoms with van der Waals surface area (Å²) in [5.74, 6) is 1.45. The number of aromatic nitrogens is 1. The first-order chi connectivity index (χ1) is 9.91. The third-order valence-corrected chi connectivity index (χ3v) is 4.59. The summed E-state index contributed by atoms with van der Waals surface area (Å²) in [5.41, 5.74) is 0.387. The molecule has 21 heavy (non-hydrogen) atoms. The summed E-state index contributed by atoms with van der Waals surface area (Å²) in [7, 11) is 0. The van der Waals surface area contributed by atoms with Crippen LogP contribution in [0.1, 0.15) is 52.9 Å². The molecule has 1 unspecified atom stereocenters. The highest BCUT2D eigenvalue weighted by molar-refractivity contribution is 6.37. The lowest BCUT2D eigenvalue weighted by Gasteiger charge is -2.36. The lowest BCUT2D eigenvalue weighted by atomic mass is 9.75. The SMILES string of the molecule is CCCNc1nc(NC2CCCC(C)(C)C2)c(Cl)cc1Cl. The van der Waals surface area contributed by atoms with Gasteiger partial charge in [0, 0.05) is 12.6 Å². The van der Waals surface area contributed by atoms with E-state index in [1.165, 1.54) is 19.3 Å². The first-order valence-electron chi connectivity index (χ1n) is 7.78. The summed E-state index contributed by atoms with van der Waals surface area (Å²) in [5, 5.41) is 7.91. The van der Waals surface area contributed by atoms with Crippen LogP contribution in [0.25, 0.3) is 0 Å². The Morgan fingerprint density at radius 1 is 1.29 bits per heavy atom. The van der Waals surface area contributed by atoms with Crippen molar-refractivity contribution in [2.24, 2.45) is 5.41 Å². The minimum Gasteiger partial charge on any atom is -0.369 e. The quantitative estimate of drug-likeness (QED) is 0.739. The molecule has 0 spiro atoms. The molecular weight excluding hydrogens is 305 g/mol. The first-order valence-corrected chi connectivity index (χ1v) is 8.53. The van der Waals surface area contributed by atoms with E-state index in [1.807, 2.05) is 0 Å². The fraction of sp³-hybridized carbons (Fsp3) is 0.688. The Labute approximate surface area is 137 Å². The molecule has 2 N–H and O–H groups in total. The van der Waals surface area contributed by atoms with E-state index < -0.39 is 0 Å². The zero-order chi connectivity index (χ0) is 15.5. The Kier molecular flexibility index (Phi) is 5.61. The zero-order valence-electron chi connectivity index (χ0n) is 13.1. The third kappa shape index (κ3) is 4.65. The van der Waals surface area contributed by atoms with Gasteiger partial charge < -0.3 is 10.6 Å². The van der Waals surface area contributed by atoms with Crippen molar-refractivity contribution < 1.29 is 0 Å². The maximum atomic E-state index is 6.29. The molecule has 0 aromatic carbocycles. The zero-order valence-corrected chi connectivity index (χ0v) is 14.6. The number of hydrogen-bond donors (Lipinski definition) is 2. The van der Waals surface area contributed by atoms with E-state index in [0.29, 0.717) is 27.3 Å². The summed E-state index contributed by atoms with van der Waals surface area (Å²) >= 11 is 12.5. The fourth-order valence-electron chi connectivity index (χ4n) is 2.95. The number of anilines is 2. The molecule has 0 amide bonds. The van der Waals surface area contributed by atoms with Crippen molar-refractivity contribution in [3.8, 4) is 0 Å². The van der Waals surface area contributed by atoms with Gasteiger partial charge in [0.05, 0.1) is 10.0 Å². The van der Waals surface area contributed by atoms with Gasteiger partial charge in [-0.2, -0.15) is 0 Å². The first kappa shape index (κ1) is 16.7. The smallest absolute Gasteiger partial charge is 0.147 e. The molecule has 1 saturated carbocycles. The Morgan fingerprint density at radius 3 is 2.67 bits per heavy atom. The number of pyridine rings is 1. The molecule has 1 atom stereocenters. The lowest BCUT2D eigenvalue weighted by Crippen LogP contribution is -2.32. The van der Waals surface area contributed by atoms with E-state index in [-0.39, 0.29) is 0 Å². The second-order valence-electron chi connectivity index (χ2n) is 6.68. The Bertz CT molecular complexity index is 489. The fourth-order valence-corrected chi connectivity index (χ4v) is 3.43. The van der Waals surface area contributed by atoms with Crippen LogP contribution in [-0.2, 0) is 0 Å². The molecule has 0 bridgehead atoms. The number of nitrogens with zero attached hydrogens (tertiary/aromatic N) is 1. The molecular formula is C16H25Cl2N3. The van der Waals surface area contributed by atoms with Gasteiger partial charge in [0.15, 0.2) is 0 Å². The molecule has 5 heteroatoms. The van der Waals surface area contributed by atoms with E-state index in [2.05, 4.69) is 36.4 Å². The lowest BCUT2D eigenvalue weighted by molar-refractivity contribution is 0.229. The number of hydrogen-bond acceptors (Lipinski definition) is 3. The van der Waals surface area contributed by atoms with Crippen molar-refractivity contribution in [2.75, 3.05) is 17.2 Å². The van der Waals surface area contributed by atoms with Crippen LogP contribution in [-0.4, -0.2) is 17.6 Å². The minimum atomic E-state index is 0.387. The maximum Gasteiger partial charge on any atom is 0.147 e. The topological polar surface area (TPSA) is 37.0 Å². The Balaban J connectivity index is 2.11. The van der Waals surface area contributed by atoms with Crippen molar-refractivity contribution in [2.45, 2.75) is 58.9 Å². The summed E-state index contributed by atoms with van der Waals surface area (Å²) < 4.78 is 0. The molecule has 2 rings (SSSR count). The second-order valence-corrected chi connectivity index (χ2v) is 7.49. The summed E-state index contributed by atoms with van der Waals surface area (Å²) in [6, 6.07) is 2.20. The molecule has 0 radical (unpaired) electrons. The average Bonchev–Trinajstić information content (AvgIpc) is 2.39. The normalized spacial score (nSPS) is 21.1. The van der Waals surface area contributed by atoms with Gasteiger partial charge in [-0.3, -0.25) is 0 Å². The van der Waals surface area contributed by atoms with Crippen LogP contribution in [0.2, 0.25) is 10.0 Å². The van der Waals surface area contributed by atoms with E-state index in [9.17, 15) is 0 Å². The Hall–Kier alpha value is -0.670. The highest BCUT2D eigenvalue weighted by atomic mass is 35.5. The van der Waals surface area contributed by atoms with Crippen LogP contribution in [0.3, 0.4) is 0 Å². The monoisotopic (exact) mass is 329 g/mol. The van der Waals surface area contributed by atoms with Crippen molar-refractivity contribution >= 4 is 34.8 Å². The van der Waals surface area contributed by atoms with Gasteiger partial charge in [0.2, 0.25) is 0 Å². The predicted octanol–water partition coefficient (Wildman–Crippen LogP) is 5.59. The molecule has 1 aromatic heterocycles. The van der Waals surface area contributed by atoms with Gasteiger partial charge in [0.1, 0.15) is 11.6 Å². The number of rotatable bonds is 5. The number of halogens is 2. The standard InChI is InChI=1S/C16H25Cl2N3/c1-4-8-19-14-12(17)9-13(18)15(21-14)20-11-6-5-7-16(2,3)10-11/h9,11H,4-8,10H2,1-3H3,(H2,19,20,21). The predicted molar refractivity (Wildman–Crippen MR) is 92.7 cm³/mol. The molecule has 1 aliphatic rings. The van der Waals surface area contributed by atoms with Crippen molar-refractivity contribution in [3.05, 3.63) is 16.1 Å². The van der Waals surface area contributed by atoms with Crippen LogP contribution in [0.15, 0.2) is 6.07 Å². The minimum absolute atomic E-state index is 0.387. The van der Waals surface area contributed by atoms with E-state index in [1.54, 1.807) is 6.07 Å². The summed E-state index contributed by atoms with van der Waals surface area (Å²) in [6.07, 6.45) is 5.88. The van der Waals surface area contributed by atoms with E-state index >= 15 is 0 Å². The summed E-state index contributed by atoms with van der Waals surface area (Å²) in [6.45, 7) is 7.61. The molecule has 118 valence electrons.